The van der Waals surface area contributed by atoms with Gasteiger partial charge in [0.15, 0.2) is 6.61 Å². The number of halogens is 1. The minimum Gasteiger partial charge on any atom is -0.484 e. The van der Waals surface area contributed by atoms with Crippen molar-refractivity contribution in [3.8, 4) is 5.75 Å². The second-order valence-corrected chi connectivity index (χ2v) is 10.4. The molecule has 0 aliphatic carbocycles. The number of rotatable bonds is 11. The largest absolute Gasteiger partial charge is 0.484 e. The van der Waals surface area contributed by atoms with Crippen molar-refractivity contribution in [2.24, 2.45) is 0 Å². The zero-order valence-corrected chi connectivity index (χ0v) is 24.0. The first kappa shape index (κ1) is 28.5. The van der Waals surface area contributed by atoms with Gasteiger partial charge in [-0.25, -0.2) is 0 Å². The quantitative estimate of drug-likeness (QED) is 0.297. The molecule has 0 heterocycles. The van der Waals surface area contributed by atoms with Gasteiger partial charge in [0.1, 0.15) is 11.8 Å². The molecule has 0 saturated heterocycles. The van der Waals surface area contributed by atoms with Crippen LogP contribution in [0.25, 0.3) is 0 Å². The standard InChI is InChI=1S/C31H37BrN2O3/c1-6-24(5)33-31(36)28(18-25-13-8-7-9-14-25)34(19-26-15-11-10-12-21(26)2)29(35)20-37-27-16-22(3)30(32)23(4)17-27/h7-17,24,28H,6,18-20H2,1-5H3,(H,33,36). The van der Waals surface area contributed by atoms with Crippen LogP contribution in [0.3, 0.4) is 0 Å². The van der Waals surface area contributed by atoms with Crippen LogP contribution in [-0.4, -0.2) is 35.4 Å². The molecule has 6 heteroatoms. The van der Waals surface area contributed by atoms with Crippen LogP contribution in [0.4, 0.5) is 0 Å². The summed E-state index contributed by atoms with van der Waals surface area (Å²) in [5, 5.41) is 3.10. The molecule has 2 atom stereocenters. The van der Waals surface area contributed by atoms with Gasteiger partial charge in [-0.1, -0.05) is 77.5 Å². The summed E-state index contributed by atoms with van der Waals surface area (Å²) >= 11 is 3.58. The summed E-state index contributed by atoms with van der Waals surface area (Å²) in [5.74, 6) is 0.239. The number of hydrogen-bond acceptors (Lipinski definition) is 3. The molecule has 0 radical (unpaired) electrons. The van der Waals surface area contributed by atoms with Crippen LogP contribution < -0.4 is 10.1 Å². The molecule has 0 saturated carbocycles. The van der Waals surface area contributed by atoms with Gasteiger partial charge >= 0.3 is 0 Å². The van der Waals surface area contributed by atoms with E-state index in [0.29, 0.717) is 18.7 Å². The fourth-order valence-corrected chi connectivity index (χ4v) is 4.41. The monoisotopic (exact) mass is 564 g/mol. The Bertz CT molecular complexity index is 1190. The highest BCUT2D eigenvalue weighted by Gasteiger charge is 2.31. The summed E-state index contributed by atoms with van der Waals surface area (Å²) in [4.78, 5) is 29.0. The molecule has 5 nitrogen and oxygen atoms in total. The van der Waals surface area contributed by atoms with Crippen molar-refractivity contribution in [1.29, 1.82) is 0 Å². The Morgan fingerprint density at radius 1 is 0.946 bits per heavy atom. The molecule has 0 aliphatic rings. The van der Waals surface area contributed by atoms with Crippen LogP contribution in [0.1, 0.15) is 48.1 Å². The van der Waals surface area contributed by atoms with E-state index in [1.165, 1.54) is 0 Å². The normalized spacial score (nSPS) is 12.5. The van der Waals surface area contributed by atoms with E-state index in [0.717, 1.165) is 38.7 Å². The highest BCUT2D eigenvalue weighted by atomic mass is 79.9. The van der Waals surface area contributed by atoms with Gasteiger partial charge in [0.25, 0.3) is 5.91 Å². The molecule has 2 amide bonds. The van der Waals surface area contributed by atoms with Crippen LogP contribution in [0.15, 0.2) is 71.2 Å². The van der Waals surface area contributed by atoms with Crippen molar-refractivity contribution >= 4 is 27.7 Å². The molecule has 0 bridgehead atoms. The van der Waals surface area contributed by atoms with Crippen molar-refractivity contribution in [2.45, 2.75) is 66.1 Å². The summed E-state index contributed by atoms with van der Waals surface area (Å²) < 4.78 is 7.00. The van der Waals surface area contributed by atoms with E-state index < -0.39 is 6.04 Å². The zero-order chi connectivity index (χ0) is 26.9. The minimum atomic E-state index is -0.680. The molecule has 2 unspecified atom stereocenters. The second-order valence-electron chi connectivity index (χ2n) is 9.63. The Hall–Kier alpha value is -3.12. The van der Waals surface area contributed by atoms with Crippen LogP contribution in [0.2, 0.25) is 0 Å². The number of carbonyl (C=O) groups is 2. The molecular weight excluding hydrogens is 528 g/mol. The van der Waals surface area contributed by atoms with Crippen molar-refractivity contribution in [2.75, 3.05) is 6.61 Å². The maximum absolute atomic E-state index is 13.8. The number of nitrogens with zero attached hydrogens (tertiary/aromatic N) is 1. The maximum Gasteiger partial charge on any atom is 0.261 e. The van der Waals surface area contributed by atoms with Crippen molar-refractivity contribution in [3.63, 3.8) is 0 Å². The molecular formula is C31H37BrN2O3. The molecule has 3 rings (SSSR count). The van der Waals surface area contributed by atoms with Gasteiger partial charge in [-0.3, -0.25) is 9.59 Å². The number of carbonyl (C=O) groups excluding carboxylic acids is 2. The van der Waals surface area contributed by atoms with E-state index in [1.54, 1.807) is 4.90 Å². The van der Waals surface area contributed by atoms with Crippen LogP contribution in [-0.2, 0) is 22.6 Å². The summed E-state index contributed by atoms with van der Waals surface area (Å²) in [6, 6.07) is 20.9. The van der Waals surface area contributed by atoms with Gasteiger partial charge in [0.2, 0.25) is 5.91 Å². The highest BCUT2D eigenvalue weighted by molar-refractivity contribution is 9.10. The molecule has 0 spiro atoms. The Balaban J connectivity index is 1.94. The van der Waals surface area contributed by atoms with Gasteiger partial charge < -0.3 is 15.0 Å². The average molecular weight is 566 g/mol. The van der Waals surface area contributed by atoms with E-state index in [-0.39, 0.29) is 24.5 Å². The van der Waals surface area contributed by atoms with Crippen LogP contribution in [0, 0.1) is 20.8 Å². The lowest BCUT2D eigenvalue weighted by Gasteiger charge is -2.32. The Kier molecular flexibility index (Phi) is 10.3. The molecule has 0 aromatic heterocycles. The highest BCUT2D eigenvalue weighted by Crippen LogP contribution is 2.26. The van der Waals surface area contributed by atoms with Crippen molar-refractivity contribution in [3.05, 3.63) is 99.0 Å². The zero-order valence-electron chi connectivity index (χ0n) is 22.4. The average Bonchev–Trinajstić information content (AvgIpc) is 2.89. The van der Waals surface area contributed by atoms with E-state index in [1.807, 2.05) is 101 Å². The second kappa shape index (κ2) is 13.4. The molecule has 1 N–H and O–H groups in total. The van der Waals surface area contributed by atoms with Crippen LogP contribution in [0.5, 0.6) is 5.75 Å². The third-order valence-corrected chi connectivity index (χ3v) is 7.90. The first-order valence-electron chi connectivity index (χ1n) is 12.8. The third kappa shape index (κ3) is 7.93. The first-order valence-corrected chi connectivity index (χ1v) is 13.6. The number of benzene rings is 3. The van der Waals surface area contributed by atoms with E-state index in [2.05, 4.69) is 21.2 Å². The number of aryl methyl sites for hydroxylation is 3. The summed E-state index contributed by atoms with van der Waals surface area (Å²) in [6.45, 7) is 10.2. The topological polar surface area (TPSA) is 58.6 Å². The van der Waals surface area contributed by atoms with Gasteiger partial charge in [0.05, 0.1) is 0 Å². The Labute approximate surface area is 229 Å². The number of nitrogens with one attached hydrogen (secondary N) is 1. The van der Waals surface area contributed by atoms with E-state index in [9.17, 15) is 9.59 Å². The summed E-state index contributed by atoms with van der Waals surface area (Å²) in [6.07, 6.45) is 1.22. The predicted molar refractivity (Wildman–Crippen MR) is 153 cm³/mol. The third-order valence-electron chi connectivity index (χ3n) is 6.65. The fourth-order valence-electron chi connectivity index (χ4n) is 4.18. The first-order chi connectivity index (χ1) is 17.7. The van der Waals surface area contributed by atoms with Gasteiger partial charge in [0, 0.05) is 23.5 Å². The number of hydrogen-bond donors (Lipinski definition) is 1. The summed E-state index contributed by atoms with van der Waals surface area (Å²) in [5.41, 5.74) is 5.14. The Morgan fingerprint density at radius 3 is 2.19 bits per heavy atom. The smallest absolute Gasteiger partial charge is 0.261 e. The molecule has 3 aromatic rings. The number of ether oxygens (including phenoxy) is 1. The van der Waals surface area contributed by atoms with Crippen molar-refractivity contribution in [1.82, 2.24) is 10.2 Å². The van der Waals surface area contributed by atoms with Crippen molar-refractivity contribution < 1.29 is 14.3 Å². The molecule has 0 aliphatic heterocycles. The molecule has 0 fully saturated rings. The van der Waals surface area contributed by atoms with Gasteiger partial charge in [-0.05, 0) is 74.1 Å². The van der Waals surface area contributed by atoms with E-state index >= 15 is 0 Å². The maximum atomic E-state index is 13.8. The summed E-state index contributed by atoms with van der Waals surface area (Å²) in [7, 11) is 0. The fraction of sp³-hybridized carbons (Fsp3) is 0.355. The van der Waals surface area contributed by atoms with E-state index in [4.69, 9.17) is 4.74 Å². The van der Waals surface area contributed by atoms with Gasteiger partial charge in [-0.15, -0.1) is 0 Å². The lowest BCUT2D eigenvalue weighted by atomic mass is 10.0. The van der Waals surface area contributed by atoms with Crippen LogP contribution >= 0.6 is 15.9 Å². The molecule has 196 valence electrons. The lowest BCUT2D eigenvalue weighted by Crippen LogP contribution is -2.53. The predicted octanol–water partition coefficient (Wildman–Crippen LogP) is 6.31. The number of amides is 2. The minimum absolute atomic E-state index is 0.00570. The Morgan fingerprint density at radius 2 is 1.57 bits per heavy atom. The lowest BCUT2D eigenvalue weighted by molar-refractivity contribution is -0.143. The van der Waals surface area contributed by atoms with Gasteiger partial charge in [-0.2, -0.15) is 0 Å². The molecule has 3 aromatic carbocycles. The SMILES string of the molecule is CCC(C)NC(=O)C(Cc1ccccc1)N(Cc1ccccc1C)C(=O)COc1cc(C)c(Br)c(C)c1. The molecule has 37 heavy (non-hydrogen) atoms.